The molecule has 18 heavy (non-hydrogen) atoms. The fourth-order valence-corrected chi connectivity index (χ4v) is 2.83. The molecule has 0 unspecified atom stereocenters. The first-order valence-electron chi connectivity index (χ1n) is 5.65. The van der Waals surface area contributed by atoms with Crippen LogP contribution in [0.4, 0.5) is 0 Å². The standard InChI is InChI=1S/C15H14O2S/c1-10-3-6-13(11(2)9-10)14-7-4-12(18-14)5-8-15(16)17/h3-9H,1-2H3,(H,16,17)/b8-5+. The number of rotatable bonds is 3. The van der Waals surface area contributed by atoms with E-state index in [0.29, 0.717) is 0 Å². The van der Waals surface area contributed by atoms with E-state index in [2.05, 4.69) is 32.0 Å². The summed E-state index contributed by atoms with van der Waals surface area (Å²) >= 11 is 1.60. The Hall–Kier alpha value is -1.87. The maximum atomic E-state index is 10.5. The zero-order chi connectivity index (χ0) is 13.1. The molecule has 0 radical (unpaired) electrons. The molecule has 2 rings (SSSR count). The molecular weight excluding hydrogens is 244 g/mol. The van der Waals surface area contributed by atoms with Gasteiger partial charge in [-0.15, -0.1) is 11.3 Å². The van der Waals surface area contributed by atoms with Gasteiger partial charge in [-0.1, -0.05) is 23.8 Å². The first kappa shape index (κ1) is 12.6. The Kier molecular flexibility index (Phi) is 3.63. The van der Waals surface area contributed by atoms with Crippen LogP contribution in [0.3, 0.4) is 0 Å². The van der Waals surface area contributed by atoms with Gasteiger partial charge in [0.05, 0.1) is 0 Å². The number of benzene rings is 1. The fraction of sp³-hybridized carbons (Fsp3) is 0.133. The van der Waals surface area contributed by atoms with E-state index in [1.54, 1.807) is 17.4 Å². The second kappa shape index (κ2) is 5.19. The van der Waals surface area contributed by atoms with Crippen LogP contribution in [0, 0.1) is 13.8 Å². The van der Waals surface area contributed by atoms with Crippen molar-refractivity contribution in [3.63, 3.8) is 0 Å². The van der Waals surface area contributed by atoms with Gasteiger partial charge in [-0.2, -0.15) is 0 Å². The van der Waals surface area contributed by atoms with Crippen LogP contribution in [-0.2, 0) is 4.79 Å². The molecule has 1 aromatic carbocycles. The van der Waals surface area contributed by atoms with Gasteiger partial charge < -0.3 is 5.11 Å². The summed E-state index contributed by atoms with van der Waals surface area (Å²) in [7, 11) is 0. The average molecular weight is 258 g/mol. The van der Waals surface area contributed by atoms with E-state index >= 15 is 0 Å². The molecule has 0 aliphatic carbocycles. The maximum Gasteiger partial charge on any atom is 0.328 e. The van der Waals surface area contributed by atoms with Crippen molar-refractivity contribution in [1.29, 1.82) is 0 Å². The van der Waals surface area contributed by atoms with Crippen molar-refractivity contribution in [3.8, 4) is 10.4 Å². The van der Waals surface area contributed by atoms with Crippen molar-refractivity contribution < 1.29 is 9.90 Å². The largest absolute Gasteiger partial charge is 0.478 e. The molecule has 0 atom stereocenters. The highest BCUT2D eigenvalue weighted by atomic mass is 32.1. The third kappa shape index (κ3) is 2.87. The lowest BCUT2D eigenvalue weighted by Crippen LogP contribution is -1.84. The molecule has 0 bridgehead atoms. The Balaban J connectivity index is 2.32. The summed E-state index contributed by atoms with van der Waals surface area (Å²) in [5.74, 6) is -0.920. The van der Waals surface area contributed by atoms with Crippen molar-refractivity contribution >= 4 is 23.4 Å². The van der Waals surface area contributed by atoms with Gasteiger partial charge in [0.15, 0.2) is 0 Å². The van der Waals surface area contributed by atoms with E-state index in [-0.39, 0.29) is 0 Å². The van der Waals surface area contributed by atoms with E-state index in [0.717, 1.165) is 15.8 Å². The molecule has 0 spiro atoms. The van der Waals surface area contributed by atoms with E-state index in [4.69, 9.17) is 5.11 Å². The molecule has 0 fully saturated rings. The summed E-state index contributed by atoms with van der Waals surface area (Å²) in [5.41, 5.74) is 3.70. The number of carboxylic acids is 1. The van der Waals surface area contributed by atoms with E-state index in [1.165, 1.54) is 16.7 Å². The Bertz CT molecular complexity index is 609. The molecular formula is C15H14O2S. The molecule has 0 amide bonds. The van der Waals surface area contributed by atoms with Crippen molar-refractivity contribution in [3.05, 3.63) is 52.4 Å². The molecule has 0 saturated carbocycles. The molecule has 92 valence electrons. The smallest absolute Gasteiger partial charge is 0.328 e. The number of carboxylic acid groups (broad SMARTS) is 1. The van der Waals surface area contributed by atoms with Gasteiger partial charge in [0.2, 0.25) is 0 Å². The van der Waals surface area contributed by atoms with Gasteiger partial charge in [-0.3, -0.25) is 0 Å². The molecule has 3 heteroatoms. The van der Waals surface area contributed by atoms with Crippen LogP contribution in [0.2, 0.25) is 0 Å². The van der Waals surface area contributed by atoms with Gasteiger partial charge >= 0.3 is 5.97 Å². The van der Waals surface area contributed by atoms with Gasteiger partial charge in [0, 0.05) is 15.8 Å². The van der Waals surface area contributed by atoms with Crippen LogP contribution in [0.1, 0.15) is 16.0 Å². The van der Waals surface area contributed by atoms with Gasteiger partial charge in [-0.25, -0.2) is 4.79 Å². The molecule has 2 nitrogen and oxygen atoms in total. The molecule has 0 aliphatic rings. The van der Waals surface area contributed by atoms with E-state index < -0.39 is 5.97 Å². The van der Waals surface area contributed by atoms with Crippen molar-refractivity contribution in [1.82, 2.24) is 0 Å². The SMILES string of the molecule is Cc1ccc(-c2ccc(/C=C/C(=O)O)s2)c(C)c1. The minimum Gasteiger partial charge on any atom is -0.478 e. The average Bonchev–Trinajstić information content (AvgIpc) is 2.75. The number of carbonyl (C=O) groups is 1. The number of aliphatic carboxylic acids is 1. The molecule has 0 saturated heterocycles. The molecule has 1 heterocycles. The number of hydrogen-bond donors (Lipinski definition) is 1. The summed E-state index contributed by atoms with van der Waals surface area (Å²) in [4.78, 5) is 12.6. The minimum atomic E-state index is -0.920. The van der Waals surface area contributed by atoms with Crippen LogP contribution in [-0.4, -0.2) is 11.1 Å². The lowest BCUT2D eigenvalue weighted by Gasteiger charge is -2.03. The van der Waals surface area contributed by atoms with Crippen LogP contribution < -0.4 is 0 Å². The maximum absolute atomic E-state index is 10.5. The van der Waals surface area contributed by atoms with Crippen molar-refractivity contribution in [2.45, 2.75) is 13.8 Å². The predicted molar refractivity (Wildman–Crippen MR) is 75.9 cm³/mol. The number of aryl methyl sites for hydroxylation is 2. The lowest BCUT2D eigenvalue weighted by molar-refractivity contribution is -0.131. The lowest BCUT2D eigenvalue weighted by atomic mass is 10.0. The van der Waals surface area contributed by atoms with Crippen LogP contribution in [0.5, 0.6) is 0 Å². The topological polar surface area (TPSA) is 37.3 Å². The van der Waals surface area contributed by atoms with Crippen molar-refractivity contribution in [2.75, 3.05) is 0 Å². The number of hydrogen-bond acceptors (Lipinski definition) is 2. The third-order valence-electron chi connectivity index (χ3n) is 2.66. The third-order valence-corrected chi connectivity index (χ3v) is 3.75. The van der Waals surface area contributed by atoms with Crippen LogP contribution >= 0.6 is 11.3 Å². The zero-order valence-electron chi connectivity index (χ0n) is 10.3. The Morgan fingerprint density at radius 1 is 1.22 bits per heavy atom. The molecule has 1 aromatic heterocycles. The Morgan fingerprint density at radius 2 is 2.00 bits per heavy atom. The fourth-order valence-electron chi connectivity index (χ4n) is 1.83. The van der Waals surface area contributed by atoms with Crippen molar-refractivity contribution in [2.24, 2.45) is 0 Å². The Morgan fingerprint density at radius 3 is 2.67 bits per heavy atom. The summed E-state index contributed by atoms with van der Waals surface area (Å²) in [5, 5.41) is 8.59. The summed E-state index contributed by atoms with van der Waals surface area (Å²) in [6.07, 6.45) is 2.79. The van der Waals surface area contributed by atoms with Crippen LogP contribution in [0.15, 0.2) is 36.4 Å². The number of thiophene rings is 1. The van der Waals surface area contributed by atoms with E-state index in [9.17, 15) is 4.79 Å². The highest BCUT2D eigenvalue weighted by Crippen LogP contribution is 2.31. The van der Waals surface area contributed by atoms with Gasteiger partial charge in [0.25, 0.3) is 0 Å². The highest BCUT2D eigenvalue weighted by molar-refractivity contribution is 7.16. The summed E-state index contributed by atoms with van der Waals surface area (Å²) < 4.78 is 0. The van der Waals surface area contributed by atoms with E-state index in [1.807, 2.05) is 12.1 Å². The van der Waals surface area contributed by atoms with Gasteiger partial charge in [0.1, 0.15) is 0 Å². The normalized spacial score (nSPS) is 11.0. The quantitative estimate of drug-likeness (QED) is 0.840. The summed E-state index contributed by atoms with van der Waals surface area (Å²) in [6, 6.07) is 10.3. The first-order valence-corrected chi connectivity index (χ1v) is 6.46. The first-order chi connectivity index (χ1) is 8.56. The minimum absolute atomic E-state index is 0.920. The Labute approximate surface area is 110 Å². The highest BCUT2D eigenvalue weighted by Gasteiger charge is 2.04. The second-order valence-electron chi connectivity index (χ2n) is 4.19. The summed E-state index contributed by atoms with van der Waals surface area (Å²) in [6.45, 7) is 4.17. The molecule has 2 aromatic rings. The van der Waals surface area contributed by atoms with Crippen LogP contribution in [0.25, 0.3) is 16.5 Å². The second-order valence-corrected chi connectivity index (χ2v) is 5.31. The molecule has 1 N–H and O–H groups in total. The predicted octanol–water partition coefficient (Wildman–Crippen LogP) is 4.13. The molecule has 0 aliphatic heterocycles. The monoisotopic (exact) mass is 258 g/mol. The van der Waals surface area contributed by atoms with Gasteiger partial charge in [-0.05, 0) is 43.2 Å². The zero-order valence-corrected chi connectivity index (χ0v) is 11.1.